The van der Waals surface area contributed by atoms with Crippen LogP contribution in [0.3, 0.4) is 0 Å². The molecule has 0 radical (unpaired) electrons. The quantitative estimate of drug-likeness (QED) is 0.0328. The van der Waals surface area contributed by atoms with Crippen molar-refractivity contribution in [3.05, 3.63) is 126 Å². The van der Waals surface area contributed by atoms with E-state index >= 15 is 0 Å². The van der Waals surface area contributed by atoms with E-state index in [1.807, 2.05) is 36.4 Å². The number of amides is 4. The number of benzene rings is 3. The first-order chi connectivity index (χ1) is 27.0. The van der Waals surface area contributed by atoms with Crippen molar-refractivity contribution in [1.82, 2.24) is 25.9 Å². The number of aromatic amines is 1. The van der Waals surface area contributed by atoms with Gasteiger partial charge in [0.1, 0.15) is 6.04 Å². The SMILES string of the molecule is NC(=O)C(Cc1ccccc1)NC(=O)[C@H](CCCN=C(N)N)CC(=O)[C@@H](Cc1ccccc1)NC(=O)[C@@H](CC(=O)CNC(=O)c1ccccc1)Cc1cnc[nH]1. The number of Topliss-reactive ketones (excluding diaryl/α,β-unsaturated/α-hetero) is 2. The van der Waals surface area contributed by atoms with E-state index in [1.54, 1.807) is 54.6 Å². The highest BCUT2D eigenvalue weighted by molar-refractivity contribution is 5.98. The van der Waals surface area contributed by atoms with E-state index < -0.39 is 59.1 Å². The number of imidazole rings is 1. The average molecular weight is 764 g/mol. The number of hydrogen-bond acceptors (Lipinski definition) is 8. The van der Waals surface area contributed by atoms with Crippen molar-refractivity contribution >= 4 is 41.2 Å². The van der Waals surface area contributed by atoms with Gasteiger partial charge in [0.05, 0.1) is 24.8 Å². The topological polar surface area (TPSA) is 258 Å². The van der Waals surface area contributed by atoms with Crippen molar-refractivity contribution in [2.45, 2.75) is 57.0 Å². The first-order valence-corrected chi connectivity index (χ1v) is 18.4. The second-order valence-electron chi connectivity index (χ2n) is 13.5. The summed E-state index contributed by atoms with van der Waals surface area (Å²) in [5.41, 5.74) is 19.2. The highest BCUT2D eigenvalue weighted by Crippen LogP contribution is 2.19. The lowest BCUT2D eigenvalue weighted by atomic mass is 9.89. The fourth-order valence-electron chi connectivity index (χ4n) is 6.14. The van der Waals surface area contributed by atoms with Crippen LogP contribution < -0.4 is 33.2 Å². The number of guanidine groups is 1. The molecule has 0 spiro atoms. The molecule has 15 nitrogen and oxygen atoms in total. The Labute approximate surface area is 325 Å². The van der Waals surface area contributed by atoms with Crippen molar-refractivity contribution in [3.63, 3.8) is 0 Å². The number of nitrogens with two attached hydrogens (primary N) is 3. The van der Waals surface area contributed by atoms with Crippen LogP contribution in [0.1, 0.15) is 52.9 Å². The molecule has 0 saturated heterocycles. The van der Waals surface area contributed by atoms with Crippen LogP contribution in [0.2, 0.25) is 0 Å². The fraction of sp³-hybridized carbons (Fsp3) is 0.317. The van der Waals surface area contributed by atoms with E-state index in [9.17, 15) is 28.8 Å². The Morgan fingerprint density at radius 1 is 0.696 bits per heavy atom. The number of ketones is 2. The number of hydrogen-bond donors (Lipinski definition) is 7. The average Bonchev–Trinajstić information content (AvgIpc) is 3.71. The lowest BCUT2D eigenvalue weighted by molar-refractivity contribution is -0.134. The van der Waals surface area contributed by atoms with Crippen LogP contribution in [0, 0.1) is 11.8 Å². The Morgan fingerprint density at radius 3 is 1.84 bits per heavy atom. The second-order valence-corrected chi connectivity index (χ2v) is 13.5. The summed E-state index contributed by atoms with van der Waals surface area (Å²) in [4.78, 5) is 91.3. The molecular weight excluding hydrogens is 715 g/mol. The highest BCUT2D eigenvalue weighted by atomic mass is 16.2. The molecule has 4 rings (SSSR count). The summed E-state index contributed by atoms with van der Waals surface area (Å²) in [6, 6.07) is 24.4. The summed E-state index contributed by atoms with van der Waals surface area (Å²) in [6.45, 7) is -0.108. The Morgan fingerprint density at radius 2 is 1.27 bits per heavy atom. The number of primary amides is 1. The van der Waals surface area contributed by atoms with E-state index in [-0.39, 0.29) is 57.6 Å². The van der Waals surface area contributed by atoms with Gasteiger partial charge in [-0.05, 0) is 42.5 Å². The summed E-state index contributed by atoms with van der Waals surface area (Å²) in [6.07, 6.45) is 3.33. The Balaban J connectivity index is 1.53. The Kier molecular flexibility index (Phi) is 16.5. The van der Waals surface area contributed by atoms with Gasteiger partial charge in [-0.3, -0.25) is 33.8 Å². The highest BCUT2D eigenvalue weighted by Gasteiger charge is 2.32. The van der Waals surface area contributed by atoms with Crippen LogP contribution >= 0.6 is 0 Å². The van der Waals surface area contributed by atoms with Crippen LogP contribution in [0.5, 0.6) is 0 Å². The van der Waals surface area contributed by atoms with Crippen LogP contribution in [0.25, 0.3) is 0 Å². The second kappa shape index (κ2) is 21.9. The van der Waals surface area contributed by atoms with Crippen molar-refractivity contribution < 1.29 is 28.8 Å². The zero-order chi connectivity index (χ0) is 40.3. The van der Waals surface area contributed by atoms with Crippen molar-refractivity contribution in [2.75, 3.05) is 13.1 Å². The summed E-state index contributed by atoms with van der Waals surface area (Å²) >= 11 is 0. The molecule has 0 aliphatic heterocycles. The number of rotatable bonds is 23. The number of aromatic nitrogens is 2. The van der Waals surface area contributed by atoms with E-state index in [2.05, 4.69) is 30.9 Å². The van der Waals surface area contributed by atoms with Gasteiger partial charge in [-0.25, -0.2) is 4.98 Å². The Bertz CT molecular complexity index is 1920. The third kappa shape index (κ3) is 14.3. The first kappa shape index (κ1) is 42.1. The zero-order valence-electron chi connectivity index (χ0n) is 31.1. The zero-order valence-corrected chi connectivity index (χ0v) is 31.1. The number of carbonyl (C=O) groups excluding carboxylic acids is 6. The molecule has 1 heterocycles. The van der Waals surface area contributed by atoms with Gasteiger partial charge >= 0.3 is 0 Å². The molecule has 0 fully saturated rings. The minimum absolute atomic E-state index is 0.0994. The molecule has 0 aliphatic carbocycles. The summed E-state index contributed by atoms with van der Waals surface area (Å²) in [5, 5.41) is 8.20. The molecule has 56 heavy (non-hydrogen) atoms. The predicted molar refractivity (Wildman–Crippen MR) is 211 cm³/mol. The summed E-state index contributed by atoms with van der Waals surface area (Å²) in [5.74, 6) is -5.11. The molecule has 4 amide bonds. The minimum atomic E-state index is -1.09. The monoisotopic (exact) mass is 763 g/mol. The lowest BCUT2D eigenvalue weighted by Gasteiger charge is -2.25. The van der Waals surface area contributed by atoms with E-state index in [0.717, 1.165) is 11.1 Å². The maximum atomic E-state index is 14.2. The maximum absolute atomic E-state index is 14.2. The molecule has 1 unspecified atom stereocenters. The molecule has 15 heteroatoms. The number of aliphatic imine (C=N–C) groups is 1. The van der Waals surface area contributed by atoms with Gasteiger partial charge in [-0.2, -0.15) is 0 Å². The number of nitrogens with zero attached hydrogens (tertiary/aromatic N) is 2. The predicted octanol–water partition coefficient (Wildman–Crippen LogP) is 1.53. The first-order valence-electron chi connectivity index (χ1n) is 18.4. The van der Waals surface area contributed by atoms with Crippen LogP contribution in [-0.2, 0) is 43.2 Å². The van der Waals surface area contributed by atoms with E-state index in [4.69, 9.17) is 17.2 Å². The van der Waals surface area contributed by atoms with Crippen molar-refractivity contribution in [2.24, 2.45) is 34.0 Å². The van der Waals surface area contributed by atoms with Gasteiger partial charge in [0.15, 0.2) is 17.5 Å². The summed E-state index contributed by atoms with van der Waals surface area (Å²) < 4.78 is 0. The third-order valence-electron chi connectivity index (χ3n) is 9.10. The molecule has 0 bridgehead atoms. The van der Waals surface area contributed by atoms with Gasteiger partial charge < -0.3 is 38.1 Å². The molecule has 4 aromatic rings. The molecule has 3 aromatic carbocycles. The molecule has 294 valence electrons. The molecule has 0 saturated carbocycles. The van der Waals surface area contributed by atoms with E-state index in [0.29, 0.717) is 17.7 Å². The molecule has 0 aliphatic rings. The third-order valence-corrected chi connectivity index (χ3v) is 9.10. The Hall–Kier alpha value is -6.64. The fourth-order valence-corrected chi connectivity index (χ4v) is 6.14. The smallest absolute Gasteiger partial charge is 0.251 e. The summed E-state index contributed by atoms with van der Waals surface area (Å²) in [7, 11) is 0. The minimum Gasteiger partial charge on any atom is -0.370 e. The molecular formula is C41H49N9O6. The molecule has 10 N–H and O–H groups in total. The van der Waals surface area contributed by atoms with Crippen molar-refractivity contribution in [1.29, 1.82) is 0 Å². The van der Waals surface area contributed by atoms with Crippen molar-refractivity contribution in [3.8, 4) is 0 Å². The normalized spacial score (nSPS) is 12.9. The van der Waals surface area contributed by atoms with Gasteiger partial charge in [-0.1, -0.05) is 78.9 Å². The van der Waals surface area contributed by atoms with Gasteiger partial charge in [-0.15, -0.1) is 0 Å². The van der Waals surface area contributed by atoms with Crippen LogP contribution in [-0.4, -0.2) is 76.3 Å². The molecule has 1 aromatic heterocycles. The van der Waals surface area contributed by atoms with Gasteiger partial charge in [0.25, 0.3) is 5.91 Å². The van der Waals surface area contributed by atoms with Gasteiger partial charge in [0.2, 0.25) is 17.7 Å². The van der Waals surface area contributed by atoms with Crippen LogP contribution in [0.4, 0.5) is 0 Å². The standard InChI is InChI=1S/C41H49N9O6/c42-37(53)35(20-28-13-6-2-7-14-28)50-39(55)30(17-10-18-46-41(43)44)23-36(52)34(19-27-11-4-1-5-12-27)49-40(56)31(21-32-24-45-26-48-32)22-33(51)25-47-38(54)29-15-8-3-9-16-29/h1-9,11-16,24,26,30-31,34-35H,10,17-23,25H2,(H2,42,53)(H,45,48)(H,47,54)(H,49,56)(H,50,55)(H4,43,44,46)/t30-,31-,34-,35?/m1/s1. The van der Waals surface area contributed by atoms with E-state index in [1.165, 1.54) is 12.5 Å². The van der Waals surface area contributed by atoms with Crippen LogP contribution in [0.15, 0.2) is 109 Å². The molecule has 4 atom stereocenters. The number of H-pyrrole nitrogens is 1. The number of carbonyl (C=O) groups is 6. The maximum Gasteiger partial charge on any atom is 0.251 e. The number of nitrogens with one attached hydrogen (secondary N) is 4. The lowest BCUT2D eigenvalue weighted by Crippen LogP contribution is -2.50. The van der Waals surface area contributed by atoms with Gasteiger partial charge in [0, 0.05) is 55.6 Å². The largest absolute Gasteiger partial charge is 0.370 e.